The predicted molar refractivity (Wildman–Crippen MR) is 219 cm³/mol. The van der Waals surface area contributed by atoms with E-state index >= 15 is 0 Å². The zero-order valence-electron chi connectivity index (χ0n) is 30.1. The summed E-state index contributed by atoms with van der Waals surface area (Å²) in [6, 6.07) is 35.1. The van der Waals surface area contributed by atoms with Gasteiger partial charge in [-0.1, -0.05) is 59.6 Å². The Hall–Kier alpha value is -5.92. The van der Waals surface area contributed by atoms with Crippen molar-refractivity contribution in [2.75, 3.05) is 49.2 Å². The number of fused-ring (bicyclic) bond motifs is 2. The number of halogens is 2. The zero-order chi connectivity index (χ0) is 37.8. The Kier molecular flexibility index (Phi) is 10.2. The van der Waals surface area contributed by atoms with Crippen LogP contribution >= 0.6 is 23.2 Å². The van der Waals surface area contributed by atoms with Crippen molar-refractivity contribution in [2.24, 2.45) is 0 Å². The normalized spacial score (nSPS) is 17.2. The smallest absolute Gasteiger partial charge is 0.180 e. The van der Waals surface area contributed by atoms with Crippen LogP contribution in [0.1, 0.15) is 23.6 Å². The predicted octanol–water partition coefficient (Wildman–Crippen LogP) is 8.50. The lowest BCUT2D eigenvalue weighted by atomic mass is 10.2. The summed E-state index contributed by atoms with van der Waals surface area (Å²) in [4.78, 5) is 38.8. The van der Waals surface area contributed by atoms with Gasteiger partial charge in [0.25, 0.3) is 0 Å². The van der Waals surface area contributed by atoms with E-state index in [0.717, 1.165) is 69.9 Å². The second-order valence-corrected chi connectivity index (χ2v) is 14.3. The van der Waals surface area contributed by atoms with E-state index in [4.69, 9.17) is 42.6 Å². The molecule has 56 heavy (non-hydrogen) atoms. The number of rotatable bonds is 6. The molecule has 280 valence electrons. The fourth-order valence-electron chi connectivity index (χ4n) is 6.87. The molecule has 2 N–H and O–H groups in total. The average molecular weight is 784 g/mol. The van der Waals surface area contributed by atoms with Crippen LogP contribution in [0.2, 0.25) is 10.0 Å². The van der Waals surface area contributed by atoms with E-state index < -0.39 is 0 Å². The molecule has 0 spiro atoms. The molecule has 10 rings (SSSR count). The van der Waals surface area contributed by atoms with Crippen LogP contribution < -0.4 is 9.80 Å². The number of anilines is 2. The molecule has 2 saturated heterocycles. The van der Waals surface area contributed by atoms with Crippen LogP contribution in [0.5, 0.6) is 0 Å². The Morgan fingerprint density at radius 3 is 1.45 bits per heavy atom. The Morgan fingerprint density at radius 1 is 0.536 bits per heavy atom. The number of imidazole rings is 2. The number of pyridine rings is 4. The van der Waals surface area contributed by atoms with Crippen LogP contribution in [0.15, 0.2) is 122 Å². The number of ether oxygens (including phenoxy) is 2. The first-order valence-electron chi connectivity index (χ1n) is 18.3. The minimum Gasteiger partial charge on any atom is -0.368 e. The Labute approximate surface area is 332 Å². The van der Waals surface area contributed by atoms with Gasteiger partial charge in [-0.2, -0.15) is 0 Å². The third kappa shape index (κ3) is 7.91. The molecule has 12 nitrogen and oxygen atoms in total. The van der Waals surface area contributed by atoms with Crippen LogP contribution in [-0.4, -0.2) is 79.3 Å². The van der Waals surface area contributed by atoms with Crippen LogP contribution in [-0.2, 0) is 9.47 Å². The van der Waals surface area contributed by atoms with Gasteiger partial charge in [0.05, 0.1) is 48.7 Å². The highest BCUT2D eigenvalue weighted by Gasteiger charge is 2.26. The third-order valence-electron chi connectivity index (χ3n) is 9.67. The fourth-order valence-corrected chi connectivity index (χ4v) is 7.25. The maximum absolute atomic E-state index is 6.10. The van der Waals surface area contributed by atoms with Crippen molar-refractivity contribution >= 4 is 57.2 Å². The number of H-pyrrole nitrogens is 2. The lowest BCUT2D eigenvalue weighted by Crippen LogP contribution is -2.39. The number of nitrogens with one attached hydrogen (secondary N) is 2. The molecule has 2 aliphatic rings. The van der Waals surface area contributed by atoms with Crippen molar-refractivity contribution in [3.63, 3.8) is 0 Å². The van der Waals surface area contributed by atoms with Crippen LogP contribution in [0.25, 0.3) is 45.1 Å². The van der Waals surface area contributed by atoms with E-state index in [1.54, 1.807) is 12.4 Å². The monoisotopic (exact) mass is 782 g/mol. The summed E-state index contributed by atoms with van der Waals surface area (Å²) in [6.45, 7) is 4.26. The van der Waals surface area contributed by atoms with Gasteiger partial charge in [-0.3, -0.25) is 9.97 Å². The van der Waals surface area contributed by atoms with Gasteiger partial charge in [0, 0.05) is 46.7 Å². The van der Waals surface area contributed by atoms with Gasteiger partial charge in [-0.05, 0) is 72.8 Å². The fraction of sp³-hybridized carbons (Fsp3) is 0.190. The molecular formula is C42H36Cl2N10O2. The first-order valence-corrected chi connectivity index (χ1v) is 19.1. The van der Waals surface area contributed by atoms with Gasteiger partial charge in [0.15, 0.2) is 11.3 Å². The minimum absolute atomic E-state index is 0.0614. The Balaban J connectivity index is 0.000000146. The molecule has 2 aliphatic heterocycles. The number of morpholine rings is 2. The van der Waals surface area contributed by atoms with E-state index in [1.807, 2.05) is 109 Å². The molecule has 0 unspecified atom stereocenters. The molecule has 2 atom stereocenters. The number of nitrogens with zero attached hydrogens (tertiary/aromatic N) is 8. The first-order chi connectivity index (χ1) is 27.5. The summed E-state index contributed by atoms with van der Waals surface area (Å²) in [6.07, 6.45) is 3.47. The van der Waals surface area contributed by atoms with Gasteiger partial charge < -0.3 is 29.2 Å². The second-order valence-electron chi connectivity index (χ2n) is 13.4. The lowest BCUT2D eigenvalue weighted by molar-refractivity contribution is 0.0367. The van der Waals surface area contributed by atoms with Gasteiger partial charge in [0.2, 0.25) is 0 Å². The van der Waals surface area contributed by atoms with Gasteiger partial charge in [-0.15, -0.1) is 0 Å². The minimum atomic E-state index is -0.0614. The van der Waals surface area contributed by atoms with Crippen LogP contribution in [0, 0.1) is 0 Å². The van der Waals surface area contributed by atoms with E-state index in [0.29, 0.717) is 47.6 Å². The molecule has 0 saturated carbocycles. The molecule has 8 heterocycles. The number of aromatic amines is 2. The van der Waals surface area contributed by atoms with Gasteiger partial charge in [0.1, 0.15) is 35.5 Å². The summed E-state index contributed by atoms with van der Waals surface area (Å²) in [7, 11) is 0. The molecular weight excluding hydrogens is 747 g/mol. The average Bonchev–Trinajstić information content (AvgIpc) is 3.89. The maximum Gasteiger partial charge on any atom is 0.180 e. The van der Waals surface area contributed by atoms with Crippen molar-refractivity contribution < 1.29 is 9.47 Å². The molecule has 2 aromatic carbocycles. The molecule has 8 aromatic rings. The van der Waals surface area contributed by atoms with Gasteiger partial charge >= 0.3 is 0 Å². The van der Waals surface area contributed by atoms with Crippen molar-refractivity contribution in [3.05, 3.63) is 143 Å². The maximum atomic E-state index is 6.10. The highest BCUT2D eigenvalue weighted by molar-refractivity contribution is 6.31. The molecule has 0 amide bonds. The molecule has 0 bridgehead atoms. The second kappa shape index (κ2) is 16.0. The number of hydrogen-bond donors (Lipinski definition) is 2. The zero-order valence-corrected chi connectivity index (χ0v) is 31.6. The lowest BCUT2D eigenvalue weighted by Gasteiger charge is -2.33. The molecule has 14 heteroatoms. The quantitative estimate of drug-likeness (QED) is 0.169. The van der Waals surface area contributed by atoms with Crippen molar-refractivity contribution in [3.8, 4) is 22.8 Å². The summed E-state index contributed by atoms with van der Waals surface area (Å²) in [5.74, 6) is 3.30. The first kappa shape index (κ1) is 35.8. The van der Waals surface area contributed by atoms with Crippen LogP contribution in [0.3, 0.4) is 0 Å². The number of benzene rings is 2. The van der Waals surface area contributed by atoms with E-state index in [9.17, 15) is 0 Å². The Morgan fingerprint density at radius 2 is 1.02 bits per heavy atom. The molecule has 0 aliphatic carbocycles. The third-order valence-corrected chi connectivity index (χ3v) is 10.1. The van der Waals surface area contributed by atoms with Crippen molar-refractivity contribution in [1.82, 2.24) is 39.9 Å². The topological polar surface area (TPSA) is 134 Å². The van der Waals surface area contributed by atoms with E-state index in [1.165, 1.54) is 0 Å². The van der Waals surface area contributed by atoms with Crippen molar-refractivity contribution in [2.45, 2.75) is 12.2 Å². The Bertz CT molecular complexity index is 2410. The van der Waals surface area contributed by atoms with Crippen LogP contribution in [0.4, 0.5) is 11.6 Å². The number of aromatic nitrogens is 8. The van der Waals surface area contributed by atoms with Crippen molar-refractivity contribution in [1.29, 1.82) is 0 Å². The highest BCUT2D eigenvalue weighted by Crippen LogP contribution is 2.29. The van der Waals surface area contributed by atoms with E-state index in [-0.39, 0.29) is 12.2 Å². The molecule has 2 fully saturated rings. The molecule has 0 radical (unpaired) electrons. The summed E-state index contributed by atoms with van der Waals surface area (Å²) in [5, 5.41) is 1.36. The highest BCUT2D eigenvalue weighted by atomic mass is 35.5. The van der Waals surface area contributed by atoms with E-state index in [2.05, 4.69) is 39.7 Å². The number of hydrogen-bond acceptors (Lipinski definition) is 10. The summed E-state index contributed by atoms with van der Waals surface area (Å²) < 4.78 is 11.8. The standard InChI is InChI=1S/2C21H18ClN5O/c2*22-15-5-3-4-14(12-15)20-24-17-7-8-19(25-21(17)26-20)27-10-11-28-18(13-27)16-6-1-2-9-23-16/h2*1-9,12,18H,10-11,13H2,(H,24,25,26)/t2*18-/m10/s1. The largest absolute Gasteiger partial charge is 0.368 e. The SMILES string of the molecule is Clc1cccc(-c2nc3nc(N4CCO[C@@H](c5ccccn5)C4)ccc3[nH]2)c1.Clc1cccc(-c2nc3nc(N4CCO[C@H](c5ccccn5)C4)ccc3[nH]2)c1. The molecule has 6 aromatic heterocycles. The summed E-state index contributed by atoms with van der Waals surface area (Å²) in [5.41, 5.74) is 6.93. The summed E-state index contributed by atoms with van der Waals surface area (Å²) >= 11 is 12.2. The van der Waals surface area contributed by atoms with Gasteiger partial charge in [-0.25, -0.2) is 19.9 Å².